The van der Waals surface area contributed by atoms with Crippen LogP contribution < -0.4 is 5.32 Å². The Morgan fingerprint density at radius 2 is 2.33 bits per heavy atom. The fourth-order valence-corrected chi connectivity index (χ4v) is 3.18. The van der Waals surface area contributed by atoms with Gasteiger partial charge in [0.1, 0.15) is 5.76 Å². The predicted octanol–water partition coefficient (Wildman–Crippen LogP) is 3.36. The lowest BCUT2D eigenvalue weighted by Crippen LogP contribution is -2.38. The molecule has 2 heterocycles. The molecule has 2 atom stereocenters. The van der Waals surface area contributed by atoms with Gasteiger partial charge in [0.25, 0.3) is 0 Å². The first-order chi connectivity index (χ1) is 10.2. The number of rotatable bonds is 6. The number of amides is 1. The van der Waals surface area contributed by atoms with Gasteiger partial charge in [0.2, 0.25) is 5.91 Å². The molecule has 1 aromatic heterocycles. The van der Waals surface area contributed by atoms with Crippen LogP contribution in [0.2, 0.25) is 0 Å². The van der Waals surface area contributed by atoms with Crippen molar-refractivity contribution in [3.63, 3.8) is 0 Å². The van der Waals surface area contributed by atoms with Crippen LogP contribution in [0.5, 0.6) is 0 Å². The van der Waals surface area contributed by atoms with Gasteiger partial charge in [-0.05, 0) is 57.3 Å². The highest BCUT2D eigenvalue weighted by Crippen LogP contribution is 2.21. The summed E-state index contributed by atoms with van der Waals surface area (Å²) in [4.78, 5) is 14.4. The van der Waals surface area contributed by atoms with E-state index in [0.29, 0.717) is 6.54 Å². The minimum absolute atomic E-state index is 0.0627. The Bertz CT molecular complexity index is 416. The summed E-state index contributed by atoms with van der Waals surface area (Å²) in [7, 11) is 0. The van der Waals surface area contributed by atoms with Crippen molar-refractivity contribution in [3.8, 4) is 0 Å². The van der Waals surface area contributed by atoms with Crippen LogP contribution in [0.1, 0.15) is 57.8 Å². The van der Waals surface area contributed by atoms with Gasteiger partial charge in [-0.1, -0.05) is 19.8 Å². The highest BCUT2D eigenvalue weighted by molar-refractivity contribution is 5.78. The summed E-state index contributed by atoms with van der Waals surface area (Å²) >= 11 is 0. The molecule has 4 nitrogen and oxygen atoms in total. The standard InChI is InChI=1S/C17H28N2O2/c1-3-6-15-7-4-10-19(11-9-15)13-17(20)18-14(2)16-8-5-12-21-16/h5,8,12,14-15H,3-4,6-7,9-11,13H2,1-2H3,(H,18,20). The Hall–Kier alpha value is -1.29. The molecule has 0 aliphatic carbocycles. The zero-order valence-electron chi connectivity index (χ0n) is 13.3. The SMILES string of the molecule is CCCC1CCCN(CC(=O)NC(C)c2ccco2)CC1. The average molecular weight is 292 g/mol. The number of carbonyl (C=O) groups excluding carboxylic acids is 1. The molecule has 0 aromatic carbocycles. The van der Waals surface area contributed by atoms with Crippen molar-refractivity contribution in [2.75, 3.05) is 19.6 Å². The maximum atomic E-state index is 12.1. The van der Waals surface area contributed by atoms with Crippen molar-refractivity contribution in [1.29, 1.82) is 0 Å². The zero-order valence-corrected chi connectivity index (χ0v) is 13.3. The van der Waals surface area contributed by atoms with Crippen LogP contribution in [0.4, 0.5) is 0 Å². The fourth-order valence-electron chi connectivity index (χ4n) is 3.18. The number of nitrogens with one attached hydrogen (secondary N) is 1. The zero-order chi connectivity index (χ0) is 15.1. The molecule has 1 fully saturated rings. The van der Waals surface area contributed by atoms with E-state index in [1.54, 1.807) is 6.26 Å². The fraction of sp³-hybridized carbons (Fsp3) is 0.706. The topological polar surface area (TPSA) is 45.5 Å². The van der Waals surface area contributed by atoms with Crippen molar-refractivity contribution < 1.29 is 9.21 Å². The number of carbonyl (C=O) groups is 1. The van der Waals surface area contributed by atoms with Gasteiger partial charge in [-0.2, -0.15) is 0 Å². The molecule has 4 heteroatoms. The molecule has 1 aliphatic rings. The van der Waals surface area contributed by atoms with E-state index in [4.69, 9.17) is 4.42 Å². The third-order valence-electron chi connectivity index (χ3n) is 4.35. The van der Waals surface area contributed by atoms with E-state index in [9.17, 15) is 4.79 Å². The van der Waals surface area contributed by atoms with Crippen LogP contribution in [0, 0.1) is 5.92 Å². The lowest BCUT2D eigenvalue weighted by molar-refractivity contribution is -0.123. The number of furan rings is 1. The van der Waals surface area contributed by atoms with Gasteiger partial charge in [0.05, 0.1) is 18.8 Å². The van der Waals surface area contributed by atoms with Crippen LogP contribution in [0.15, 0.2) is 22.8 Å². The van der Waals surface area contributed by atoms with Gasteiger partial charge in [-0.3, -0.25) is 9.69 Å². The lowest BCUT2D eigenvalue weighted by atomic mass is 9.96. The van der Waals surface area contributed by atoms with Gasteiger partial charge in [0, 0.05) is 0 Å². The van der Waals surface area contributed by atoms with Gasteiger partial charge < -0.3 is 9.73 Å². The summed E-state index contributed by atoms with van der Waals surface area (Å²) in [6, 6.07) is 3.68. The van der Waals surface area contributed by atoms with Crippen molar-refractivity contribution >= 4 is 5.91 Å². The molecule has 0 saturated carbocycles. The van der Waals surface area contributed by atoms with Crippen molar-refractivity contribution in [3.05, 3.63) is 24.2 Å². The van der Waals surface area contributed by atoms with E-state index in [-0.39, 0.29) is 11.9 Å². The molecule has 1 N–H and O–H groups in total. The quantitative estimate of drug-likeness (QED) is 0.874. The molecule has 2 unspecified atom stereocenters. The Labute approximate surface area is 127 Å². The average Bonchev–Trinajstić information content (AvgIpc) is 2.90. The van der Waals surface area contributed by atoms with Crippen LogP contribution in [-0.4, -0.2) is 30.4 Å². The van der Waals surface area contributed by atoms with Gasteiger partial charge >= 0.3 is 0 Å². The Balaban J connectivity index is 1.75. The van der Waals surface area contributed by atoms with Crippen LogP contribution in [0.3, 0.4) is 0 Å². The summed E-state index contributed by atoms with van der Waals surface area (Å²) in [5, 5.41) is 3.01. The van der Waals surface area contributed by atoms with E-state index >= 15 is 0 Å². The number of nitrogens with zero attached hydrogens (tertiary/aromatic N) is 1. The monoisotopic (exact) mass is 292 g/mol. The molecule has 1 aromatic rings. The first-order valence-electron chi connectivity index (χ1n) is 8.24. The minimum Gasteiger partial charge on any atom is -0.467 e. The second-order valence-electron chi connectivity index (χ2n) is 6.17. The number of hydrogen-bond acceptors (Lipinski definition) is 3. The smallest absolute Gasteiger partial charge is 0.234 e. The van der Waals surface area contributed by atoms with Crippen molar-refractivity contribution in [2.24, 2.45) is 5.92 Å². The maximum absolute atomic E-state index is 12.1. The van der Waals surface area contributed by atoms with Crippen LogP contribution in [-0.2, 0) is 4.79 Å². The first-order valence-corrected chi connectivity index (χ1v) is 8.24. The highest BCUT2D eigenvalue weighted by Gasteiger charge is 2.19. The lowest BCUT2D eigenvalue weighted by Gasteiger charge is -2.20. The van der Waals surface area contributed by atoms with E-state index in [0.717, 1.165) is 24.8 Å². The van der Waals surface area contributed by atoms with Crippen LogP contribution >= 0.6 is 0 Å². The second kappa shape index (κ2) is 8.23. The second-order valence-corrected chi connectivity index (χ2v) is 6.17. The molecule has 118 valence electrons. The number of hydrogen-bond donors (Lipinski definition) is 1. The summed E-state index contributed by atoms with van der Waals surface area (Å²) in [5.74, 6) is 1.75. The van der Waals surface area contributed by atoms with E-state index in [2.05, 4.69) is 17.1 Å². The Kier molecular flexibility index (Phi) is 6.30. The molecule has 2 rings (SSSR count). The molecule has 0 bridgehead atoms. The normalized spacial score (nSPS) is 21.7. The van der Waals surface area contributed by atoms with E-state index in [1.807, 2.05) is 19.1 Å². The highest BCUT2D eigenvalue weighted by atomic mass is 16.3. The third kappa shape index (κ3) is 5.20. The minimum atomic E-state index is -0.0627. The molecular formula is C17H28N2O2. The number of likely N-dealkylation sites (tertiary alicyclic amines) is 1. The van der Waals surface area contributed by atoms with Gasteiger partial charge in [0.15, 0.2) is 0 Å². The van der Waals surface area contributed by atoms with E-state index < -0.39 is 0 Å². The first kappa shape index (κ1) is 16.1. The summed E-state index contributed by atoms with van der Waals surface area (Å²) in [6.07, 6.45) is 8.00. The van der Waals surface area contributed by atoms with Crippen LogP contribution in [0.25, 0.3) is 0 Å². The summed E-state index contributed by atoms with van der Waals surface area (Å²) < 4.78 is 5.32. The Morgan fingerprint density at radius 3 is 3.05 bits per heavy atom. The third-order valence-corrected chi connectivity index (χ3v) is 4.35. The molecule has 0 radical (unpaired) electrons. The molecule has 1 saturated heterocycles. The summed E-state index contributed by atoms with van der Waals surface area (Å²) in [6.45, 7) is 6.81. The van der Waals surface area contributed by atoms with E-state index in [1.165, 1.54) is 32.1 Å². The molecule has 21 heavy (non-hydrogen) atoms. The van der Waals surface area contributed by atoms with Crippen molar-refractivity contribution in [2.45, 2.75) is 52.0 Å². The molecule has 1 aliphatic heterocycles. The van der Waals surface area contributed by atoms with Gasteiger partial charge in [-0.25, -0.2) is 0 Å². The van der Waals surface area contributed by atoms with Crippen molar-refractivity contribution in [1.82, 2.24) is 10.2 Å². The molecular weight excluding hydrogens is 264 g/mol. The largest absolute Gasteiger partial charge is 0.467 e. The maximum Gasteiger partial charge on any atom is 0.234 e. The summed E-state index contributed by atoms with van der Waals surface area (Å²) in [5.41, 5.74) is 0. The molecule has 0 spiro atoms. The predicted molar refractivity (Wildman–Crippen MR) is 84.0 cm³/mol. The Morgan fingerprint density at radius 1 is 1.48 bits per heavy atom. The van der Waals surface area contributed by atoms with Gasteiger partial charge in [-0.15, -0.1) is 0 Å². The molecule has 1 amide bonds.